The summed E-state index contributed by atoms with van der Waals surface area (Å²) < 4.78 is 11.8. The number of hydrogen-bond acceptors (Lipinski definition) is 9. The summed E-state index contributed by atoms with van der Waals surface area (Å²) in [5, 5.41) is 9.32. The number of ether oxygens (including phenoxy) is 2. The smallest absolute Gasteiger partial charge is 0.253 e. The molecule has 2 aromatic carbocycles. The number of nitrogens with one attached hydrogen (secondary N) is 3. The summed E-state index contributed by atoms with van der Waals surface area (Å²) in [6.07, 6.45) is 1.69. The first-order valence-electron chi connectivity index (χ1n) is 12.3. The van der Waals surface area contributed by atoms with Crippen LogP contribution in [0.25, 0.3) is 0 Å². The van der Waals surface area contributed by atoms with E-state index >= 15 is 0 Å². The number of carbonyl (C=O) groups excluding carboxylic acids is 1. The molecular formula is C26H30BrN7O3. The van der Waals surface area contributed by atoms with E-state index in [-0.39, 0.29) is 5.91 Å². The zero-order valence-corrected chi connectivity index (χ0v) is 22.3. The fourth-order valence-corrected chi connectivity index (χ4v) is 4.66. The minimum atomic E-state index is -0.179. The highest BCUT2D eigenvalue weighted by molar-refractivity contribution is 9.10. The third kappa shape index (κ3) is 6.12. The van der Waals surface area contributed by atoms with Crippen molar-refractivity contribution in [2.24, 2.45) is 0 Å². The fraction of sp³-hybridized carbons (Fsp3) is 0.346. The van der Waals surface area contributed by atoms with Crippen molar-refractivity contribution in [2.45, 2.75) is 0 Å². The molecule has 0 radical (unpaired) electrons. The second-order valence-corrected chi connectivity index (χ2v) is 9.56. The maximum absolute atomic E-state index is 12.3. The molecule has 10 nitrogen and oxygen atoms in total. The molecule has 0 unspecified atom stereocenters. The van der Waals surface area contributed by atoms with Crippen LogP contribution in [0.1, 0.15) is 10.4 Å². The molecule has 2 aliphatic heterocycles. The van der Waals surface area contributed by atoms with Gasteiger partial charge < -0.3 is 35.2 Å². The first kappa shape index (κ1) is 25.2. The van der Waals surface area contributed by atoms with Gasteiger partial charge in [0.05, 0.1) is 42.2 Å². The van der Waals surface area contributed by atoms with E-state index in [1.54, 1.807) is 19.3 Å². The number of morpholine rings is 2. The minimum Gasteiger partial charge on any atom is -0.378 e. The highest BCUT2D eigenvalue weighted by atomic mass is 79.9. The number of carbonyl (C=O) groups is 1. The minimum absolute atomic E-state index is 0.179. The topological polar surface area (TPSA) is 104 Å². The van der Waals surface area contributed by atoms with Crippen LogP contribution in [0.2, 0.25) is 0 Å². The maximum Gasteiger partial charge on any atom is 0.253 e. The molecule has 2 fully saturated rings. The summed E-state index contributed by atoms with van der Waals surface area (Å²) in [6.45, 7) is 6.25. The number of benzene rings is 2. The summed E-state index contributed by atoms with van der Waals surface area (Å²) in [6, 6.07) is 13.8. The Morgan fingerprint density at radius 2 is 1.54 bits per heavy atom. The molecule has 3 heterocycles. The van der Waals surface area contributed by atoms with E-state index in [9.17, 15) is 4.79 Å². The van der Waals surface area contributed by atoms with Gasteiger partial charge in [0.2, 0.25) is 5.95 Å². The van der Waals surface area contributed by atoms with Gasteiger partial charge >= 0.3 is 0 Å². The van der Waals surface area contributed by atoms with Crippen LogP contribution < -0.4 is 25.8 Å². The van der Waals surface area contributed by atoms with Gasteiger partial charge in [-0.25, -0.2) is 4.98 Å². The largest absolute Gasteiger partial charge is 0.378 e. The average Bonchev–Trinajstić information content (AvgIpc) is 2.95. The van der Waals surface area contributed by atoms with Crippen molar-refractivity contribution in [2.75, 3.05) is 80.1 Å². The van der Waals surface area contributed by atoms with Crippen LogP contribution in [0.5, 0.6) is 0 Å². The van der Waals surface area contributed by atoms with Crippen LogP contribution in [0.15, 0.2) is 53.1 Å². The lowest BCUT2D eigenvalue weighted by Gasteiger charge is -2.33. The van der Waals surface area contributed by atoms with Gasteiger partial charge in [0.1, 0.15) is 5.82 Å². The van der Waals surface area contributed by atoms with Gasteiger partial charge in [-0.1, -0.05) is 12.1 Å². The normalized spacial score (nSPS) is 15.8. The molecule has 1 aromatic heterocycles. The second-order valence-electron chi connectivity index (χ2n) is 8.70. The van der Waals surface area contributed by atoms with Gasteiger partial charge in [-0.15, -0.1) is 0 Å². The first-order valence-corrected chi connectivity index (χ1v) is 13.1. The number of anilines is 6. The molecule has 194 valence electrons. The molecule has 0 saturated carbocycles. The van der Waals surface area contributed by atoms with Crippen LogP contribution >= 0.6 is 15.9 Å². The maximum atomic E-state index is 12.3. The lowest BCUT2D eigenvalue weighted by Crippen LogP contribution is -2.38. The Labute approximate surface area is 224 Å². The van der Waals surface area contributed by atoms with E-state index in [1.807, 2.05) is 18.2 Å². The van der Waals surface area contributed by atoms with E-state index in [4.69, 9.17) is 14.5 Å². The molecule has 0 bridgehead atoms. The van der Waals surface area contributed by atoms with Crippen molar-refractivity contribution >= 4 is 56.4 Å². The second kappa shape index (κ2) is 11.8. The predicted molar refractivity (Wildman–Crippen MR) is 149 cm³/mol. The number of amides is 1. The quantitative estimate of drug-likeness (QED) is 0.393. The van der Waals surface area contributed by atoms with E-state index in [0.717, 1.165) is 43.2 Å². The van der Waals surface area contributed by atoms with Gasteiger partial charge in [-0.2, -0.15) is 4.98 Å². The Hall–Kier alpha value is -3.41. The van der Waals surface area contributed by atoms with E-state index in [1.165, 1.54) is 0 Å². The average molecular weight is 568 g/mol. The van der Waals surface area contributed by atoms with Gasteiger partial charge in [-0.05, 0) is 46.3 Å². The van der Waals surface area contributed by atoms with Gasteiger partial charge in [0.25, 0.3) is 5.91 Å². The molecule has 0 spiro atoms. The van der Waals surface area contributed by atoms with E-state index < -0.39 is 0 Å². The molecule has 5 rings (SSSR count). The Kier molecular flexibility index (Phi) is 8.02. The van der Waals surface area contributed by atoms with Crippen LogP contribution in [0.4, 0.5) is 34.5 Å². The number of rotatable bonds is 7. The van der Waals surface area contributed by atoms with Crippen LogP contribution in [0.3, 0.4) is 0 Å². The molecule has 3 N–H and O–H groups in total. The fourth-order valence-electron chi connectivity index (χ4n) is 4.37. The number of nitrogens with zero attached hydrogens (tertiary/aromatic N) is 4. The number of aromatic nitrogens is 2. The SMILES string of the molecule is CNC(=O)c1ccccc1Nc1nc(Nc2cc(N3CCOCC3)cc(N3CCOCC3)c2)ncc1Br. The van der Waals surface area contributed by atoms with Gasteiger partial charge in [-0.3, -0.25) is 4.79 Å². The van der Waals surface area contributed by atoms with Crippen LogP contribution in [-0.4, -0.2) is 75.5 Å². The summed E-state index contributed by atoms with van der Waals surface area (Å²) >= 11 is 3.53. The Balaban J connectivity index is 1.43. The highest BCUT2D eigenvalue weighted by Crippen LogP contribution is 2.32. The summed E-state index contributed by atoms with van der Waals surface area (Å²) in [7, 11) is 1.61. The van der Waals surface area contributed by atoms with Crippen LogP contribution in [-0.2, 0) is 9.47 Å². The summed E-state index contributed by atoms with van der Waals surface area (Å²) in [5.74, 6) is 0.809. The molecule has 3 aromatic rings. The molecule has 37 heavy (non-hydrogen) atoms. The zero-order chi connectivity index (χ0) is 25.6. The van der Waals surface area contributed by atoms with Crippen molar-refractivity contribution in [1.29, 1.82) is 0 Å². The number of hydrogen-bond donors (Lipinski definition) is 3. The van der Waals surface area contributed by atoms with Crippen LogP contribution in [0, 0.1) is 0 Å². The molecular weight excluding hydrogens is 538 g/mol. The number of para-hydroxylation sites is 1. The lowest BCUT2D eigenvalue weighted by atomic mass is 10.1. The van der Waals surface area contributed by atoms with Crippen molar-refractivity contribution in [3.8, 4) is 0 Å². The molecule has 0 aliphatic carbocycles. The summed E-state index contributed by atoms with van der Waals surface area (Å²) in [4.78, 5) is 26.2. The first-order chi connectivity index (χ1) is 18.1. The standard InChI is InChI=1S/C26H30BrN7O3/c1-28-25(35)21-4-2-3-5-23(21)31-24-22(27)17-29-26(32-24)30-18-14-19(33-6-10-36-11-7-33)16-20(15-18)34-8-12-37-13-9-34/h2-5,14-17H,6-13H2,1H3,(H,28,35)(H2,29,30,31,32). The Morgan fingerprint density at radius 3 is 2.16 bits per heavy atom. The van der Waals surface area contributed by atoms with Crippen molar-refractivity contribution in [3.63, 3.8) is 0 Å². The predicted octanol–water partition coefficient (Wildman–Crippen LogP) is 3.76. The molecule has 2 saturated heterocycles. The third-order valence-corrected chi connectivity index (χ3v) is 6.89. The van der Waals surface area contributed by atoms with Gasteiger partial charge in [0, 0.05) is 56.5 Å². The zero-order valence-electron chi connectivity index (χ0n) is 20.7. The van der Waals surface area contributed by atoms with E-state index in [2.05, 4.69) is 64.9 Å². The lowest BCUT2D eigenvalue weighted by molar-refractivity contribution is 0.0964. The van der Waals surface area contributed by atoms with Crippen molar-refractivity contribution in [1.82, 2.24) is 15.3 Å². The summed E-state index contributed by atoms with van der Waals surface area (Å²) in [5.41, 5.74) is 4.33. The number of halogens is 1. The van der Waals surface area contributed by atoms with E-state index in [0.29, 0.717) is 53.9 Å². The molecule has 2 aliphatic rings. The third-order valence-electron chi connectivity index (χ3n) is 6.31. The van der Waals surface area contributed by atoms with Gasteiger partial charge in [0.15, 0.2) is 0 Å². The molecule has 0 atom stereocenters. The van der Waals surface area contributed by atoms with Crippen molar-refractivity contribution in [3.05, 3.63) is 58.7 Å². The highest BCUT2D eigenvalue weighted by Gasteiger charge is 2.18. The van der Waals surface area contributed by atoms with Crippen molar-refractivity contribution < 1.29 is 14.3 Å². The Morgan fingerprint density at radius 1 is 0.919 bits per heavy atom. The monoisotopic (exact) mass is 567 g/mol. The Bertz CT molecular complexity index is 1210. The molecule has 1 amide bonds. The molecule has 11 heteroatoms.